The molecule has 2 fully saturated rings. The van der Waals surface area contributed by atoms with E-state index in [1.54, 1.807) is 0 Å². The van der Waals surface area contributed by atoms with Gasteiger partial charge in [-0.25, -0.2) is 0 Å². The SMILES string of the molecule is CN1CCC(CN)(N(C)CC2CCCOC2)CC1. The number of rotatable bonds is 4. The van der Waals surface area contributed by atoms with Gasteiger partial charge in [0, 0.05) is 25.2 Å². The predicted octanol–water partition coefficient (Wildman–Crippen LogP) is 0.768. The molecule has 2 heterocycles. The van der Waals surface area contributed by atoms with Gasteiger partial charge in [0.25, 0.3) is 0 Å². The molecule has 106 valence electrons. The van der Waals surface area contributed by atoms with Gasteiger partial charge in [0.05, 0.1) is 6.61 Å². The molecule has 4 heteroatoms. The lowest BCUT2D eigenvalue weighted by Gasteiger charge is -2.47. The molecule has 0 saturated carbocycles. The van der Waals surface area contributed by atoms with Crippen molar-refractivity contribution in [2.24, 2.45) is 11.7 Å². The first-order valence-electron chi connectivity index (χ1n) is 7.34. The largest absolute Gasteiger partial charge is 0.381 e. The van der Waals surface area contributed by atoms with Crippen LogP contribution >= 0.6 is 0 Å². The molecule has 0 aromatic heterocycles. The third kappa shape index (κ3) is 3.23. The van der Waals surface area contributed by atoms with Gasteiger partial charge in [-0.1, -0.05) is 0 Å². The zero-order valence-corrected chi connectivity index (χ0v) is 12.0. The van der Waals surface area contributed by atoms with Gasteiger partial charge in [-0.15, -0.1) is 0 Å². The highest BCUT2D eigenvalue weighted by molar-refractivity contribution is 4.95. The lowest BCUT2D eigenvalue weighted by atomic mass is 9.85. The van der Waals surface area contributed by atoms with Crippen LogP contribution in [0.3, 0.4) is 0 Å². The summed E-state index contributed by atoms with van der Waals surface area (Å²) in [5.74, 6) is 0.701. The zero-order chi connectivity index (χ0) is 13.0. The van der Waals surface area contributed by atoms with E-state index in [-0.39, 0.29) is 5.54 Å². The predicted molar refractivity (Wildman–Crippen MR) is 74.7 cm³/mol. The summed E-state index contributed by atoms with van der Waals surface area (Å²) in [6, 6.07) is 0. The molecule has 2 saturated heterocycles. The van der Waals surface area contributed by atoms with Crippen LogP contribution in [0.25, 0.3) is 0 Å². The molecule has 0 radical (unpaired) electrons. The molecule has 18 heavy (non-hydrogen) atoms. The van der Waals surface area contributed by atoms with E-state index in [0.29, 0.717) is 5.92 Å². The number of nitrogens with zero attached hydrogens (tertiary/aromatic N) is 2. The molecule has 0 aromatic carbocycles. The van der Waals surface area contributed by atoms with Gasteiger partial charge in [-0.2, -0.15) is 0 Å². The lowest BCUT2D eigenvalue weighted by Crippen LogP contribution is -2.58. The van der Waals surface area contributed by atoms with Crippen molar-refractivity contribution in [1.82, 2.24) is 9.80 Å². The number of nitrogens with two attached hydrogens (primary N) is 1. The first-order chi connectivity index (χ1) is 8.66. The Morgan fingerprint density at radius 2 is 2.11 bits per heavy atom. The molecular weight excluding hydrogens is 226 g/mol. The zero-order valence-electron chi connectivity index (χ0n) is 12.0. The number of likely N-dealkylation sites (N-methyl/N-ethyl adjacent to an activating group) is 1. The normalized spacial score (nSPS) is 29.7. The van der Waals surface area contributed by atoms with Gasteiger partial charge in [0.1, 0.15) is 0 Å². The standard InChI is InChI=1S/C14H29N3O/c1-16-7-5-14(12-15,6-8-16)17(2)10-13-4-3-9-18-11-13/h13H,3-12,15H2,1-2H3. The van der Waals surface area contributed by atoms with E-state index in [4.69, 9.17) is 10.5 Å². The topological polar surface area (TPSA) is 41.7 Å². The summed E-state index contributed by atoms with van der Waals surface area (Å²) >= 11 is 0. The van der Waals surface area contributed by atoms with E-state index < -0.39 is 0 Å². The summed E-state index contributed by atoms with van der Waals surface area (Å²) in [5, 5.41) is 0. The van der Waals surface area contributed by atoms with Gasteiger partial charge >= 0.3 is 0 Å². The van der Waals surface area contributed by atoms with E-state index in [2.05, 4.69) is 23.9 Å². The molecule has 1 atom stereocenters. The molecule has 0 amide bonds. The minimum Gasteiger partial charge on any atom is -0.381 e. The molecule has 0 aliphatic carbocycles. The van der Waals surface area contributed by atoms with E-state index >= 15 is 0 Å². The van der Waals surface area contributed by atoms with Crippen LogP contribution in [0.2, 0.25) is 0 Å². The molecule has 0 bridgehead atoms. The van der Waals surface area contributed by atoms with Gasteiger partial charge in [-0.05, 0) is 58.8 Å². The quantitative estimate of drug-likeness (QED) is 0.805. The fourth-order valence-electron chi connectivity index (χ4n) is 3.31. The summed E-state index contributed by atoms with van der Waals surface area (Å²) in [6.07, 6.45) is 4.93. The van der Waals surface area contributed by atoms with Gasteiger partial charge in [0.15, 0.2) is 0 Å². The summed E-state index contributed by atoms with van der Waals surface area (Å²) in [7, 11) is 4.46. The average Bonchev–Trinajstić information content (AvgIpc) is 2.41. The minimum absolute atomic E-state index is 0.226. The van der Waals surface area contributed by atoms with Crippen LogP contribution in [-0.4, -0.2) is 68.8 Å². The van der Waals surface area contributed by atoms with E-state index in [1.165, 1.54) is 38.8 Å². The van der Waals surface area contributed by atoms with E-state index in [9.17, 15) is 0 Å². The van der Waals surface area contributed by atoms with Crippen LogP contribution in [-0.2, 0) is 4.74 Å². The molecule has 2 rings (SSSR count). The van der Waals surface area contributed by atoms with Crippen molar-refractivity contribution in [2.45, 2.75) is 31.2 Å². The van der Waals surface area contributed by atoms with Crippen LogP contribution in [0.4, 0.5) is 0 Å². The van der Waals surface area contributed by atoms with Gasteiger partial charge in [0.2, 0.25) is 0 Å². The third-order valence-electron chi connectivity index (χ3n) is 4.89. The monoisotopic (exact) mass is 255 g/mol. The first-order valence-corrected chi connectivity index (χ1v) is 7.34. The summed E-state index contributed by atoms with van der Waals surface area (Å²) in [6.45, 7) is 6.15. The molecule has 0 aromatic rings. The van der Waals surface area contributed by atoms with Crippen LogP contribution in [0.15, 0.2) is 0 Å². The molecule has 1 unspecified atom stereocenters. The highest BCUT2D eigenvalue weighted by Gasteiger charge is 2.37. The van der Waals surface area contributed by atoms with Crippen molar-refractivity contribution in [3.8, 4) is 0 Å². The van der Waals surface area contributed by atoms with Crippen molar-refractivity contribution in [1.29, 1.82) is 0 Å². The maximum Gasteiger partial charge on any atom is 0.0506 e. The molecule has 2 aliphatic rings. The smallest absolute Gasteiger partial charge is 0.0506 e. The number of hydrogen-bond donors (Lipinski definition) is 1. The minimum atomic E-state index is 0.226. The second kappa shape index (κ2) is 6.33. The second-order valence-corrected chi connectivity index (χ2v) is 6.20. The summed E-state index contributed by atoms with van der Waals surface area (Å²) in [4.78, 5) is 4.94. The highest BCUT2D eigenvalue weighted by Crippen LogP contribution is 2.28. The fourth-order valence-corrected chi connectivity index (χ4v) is 3.31. The van der Waals surface area contributed by atoms with Crippen LogP contribution in [0, 0.1) is 5.92 Å². The van der Waals surface area contributed by atoms with Gasteiger partial charge < -0.3 is 15.4 Å². The second-order valence-electron chi connectivity index (χ2n) is 6.20. The van der Waals surface area contributed by atoms with Crippen molar-refractivity contribution in [3.05, 3.63) is 0 Å². The maximum atomic E-state index is 6.10. The average molecular weight is 255 g/mol. The van der Waals surface area contributed by atoms with Crippen molar-refractivity contribution in [3.63, 3.8) is 0 Å². The lowest BCUT2D eigenvalue weighted by molar-refractivity contribution is 0.00213. The Morgan fingerprint density at radius 3 is 2.67 bits per heavy atom. The molecular formula is C14H29N3O. The number of piperidine rings is 1. The number of likely N-dealkylation sites (tertiary alicyclic amines) is 1. The van der Waals surface area contributed by atoms with Crippen LogP contribution < -0.4 is 5.73 Å². The fraction of sp³-hybridized carbons (Fsp3) is 1.00. The van der Waals surface area contributed by atoms with Gasteiger partial charge in [-0.3, -0.25) is 4.90 Å². The molecule has 0 spiro atoms. The molecule has 2 aliphatic heterocycles. The molecule has 4 nitrogen and oxygen atoms in total. The van der Waals surface area contributed by atoms with Crippen molar-refractivity contribution < 1.29 is 4.74 Å². The Balaban J connectivity index is 1.90. The number of hydrogen-bond acceptors (Lipinski definition) is 4. The third-order valence-corrected chi connectivity index (χ3v) is 4.89. The van der Waals surface area contributed by atoms with Crippen LogP contribution in [0.1, 0.15) is 25.7 Å². The summed E-state index contributed by atoms with van der Waals surface area (Å²) < 4.78 is 5.59. The Bertz CT molecular complexity index is 245. The van der Waals surface area contributed by atoms with E-state index in [0.717, 1.165) is 26.3 Å². The van der Waals surface area contributed by atoms with Crippen molar-refractivity contribution in [2.75, 3.05) is 53.5 Å². The van der Waals surface area contributed by atoms with Crippen LogP contribution in [0.5, 0.6) is 0 Å². The van der Waals surface area contributed by atoms with E-state index in [1.807, 2.05) is 0 Å². The summed E-state index contributed by atoms with van der Waals surface area (Å²) in [5.41, 5.74) is 6.32. The Hall–Kier alpha value is -0.160. The number of ether oxygens (including phenoxy) is 1. The Labute approximate surface area is 111 Å². The Morgan fingerprint density at radius 1 is 1.39 bits per heavy atom. The molecule has 2 N–H and O–H groups in total. The Kier molecular flexibility index (Phi) is 5.01. The highest BCUT2D eigenvalue weighted by atomic mass is 16.5. The van der Waals surface area contributed by atoms with Crippen molar-refractivity contribution >= 4 is 0 Å². The first kappa shape index (κ1) is 14.3. The maximum absolute atomic E-state index is 6.10.